The van der Waals surface area contributed by atoms with Gasteiger partial charge in [0.25, 0.3) is 11.5 Å². The van der Waals surface area contributed by atoms with Crippen molar-refractivity contribution in [2.75, 3.05) is 5.32 Å². The lowest BCUT2D eigenvalue weighted by Crippen LogP contribution is -2.25. The van der Waals surface area contributed by atoms with E-state index in [-0.39, 0.29) is 11.5 Å². The van der Waals surface area contributed by atoms with E-state index in [0.717, 1.165) is 16.7 Å². The monoisotopic (exact) mass is 509 g/mol. The summed E-state index contributed by atoms with van der Waals surface area (Å²) in [6.45, 7) is 0. The molecule has 3 aromatic heterocycles. The van der Waals surface area contributed by atoms with Crippen LogP contribution in [0.2, 0.25) is 0 Å². The van der Waals surface area contributed by atoms with E-state index >= 15 is 0 Å². The molecule has 0 atom stereocenters. The number of anilines is 1. The van der Waals surface area contributed by atoms with Crippen LogP contribution in [0.3, 0.4) is 0 Å². The molecule has 0 saturated heterocycles. The fraction of sp³-hybridized carbons (Fsp3) is 0.0312. The lowest BCUT2D eigenvalue weighted by molar-refractivity contribution is 0.102. The smallest absolute Gasteiger partial charge is 0.278 e. The molecule has 1 N–H and O–H groups in total. The summed E-state index contributed by atoms with van der Waals surface area (Å²) in [6.07, 6.45) is 5.46. The predicted octanol–water partition coefficient (Wildman–Crippen LogP) is 5.69. The molecule has 3 heterocycles. The number of hydrogen-bond donors (Lipinski definition) is 1. The lowest BCUT2D eigenvalue weighted by Gasteiger charge is -2.13. The van der Waals surface area contributed by atoms with Crippen LogP contribution in [-0.2, 0) is 6.42 Å². The highest BCUT2D eigenvalue weighted by atomic mass is 16.1. The van der Waals surface area contributed by atoms with E-state index in [4.69, 9.17) is 0 Å². The van der Waals surface area contributed by atoms with Crippen molar-refractivity contribution in [3.63, 3.8) is 0 Å². The number of nitrogens with zero attached hydrogens (tertiary/aromatic N) is 4. The standard InChI is InChI=1S/C32H23N5O2/c38-31(23-9-2-1-3-10-23)35-26-13-4-11-24(19-26)25-12-5-14-27(20-25)37-30-28(15-7-17-34-30)36-29(32(37)39)18-22-8-6-16-33-21-22/h1-17,19-21H,18H2,(H,35,38). The van der Waals surface area contributed by atoms with Gasteiger partial charge in [0.2, 0.25) is 0 Å². The number of pyridine rings is 2. The average Bonchev–Trinajstić information content (AvgIpc) is 2.99. The summed E-state index contributed by atoms with van der Waals surface area (Å²) in [5.74, 6) is -0.177. The number of benzene rings is 3. The second-order valence-corrected chi connectivity index (χ2v) is 9.03. The van der Waals surface area contributed by atoms with E-state index in [9.17, 15) is 9.59 Å². The van der Waals surface area contributed by atoms with Crippen LogP contribution in [0.4, 0.5) is 5.69 Å². The number of nitrogens with one attached hydrogen (secondary N) is 1. The predicted molar refractivity (Wildman–Crippen MR) is 152 cm³/mol. The zero-order chi connectivity index (χ0) is 26.6. The topological polar surface area (TPSA) is 89.8 Å². The van der Waals surface area contributed by atoms with Crippen LogP contribution in [-0.4, -0.2) is 25.4 Å². The van der Waals surface area contributed by atoms with Gasteiger partial charge >= 0.3 is 0 Å². The van der Waals surface area contributed by atoms with Gasteiger partial charge in [0.1, 0.15) is 11.2 Å². The maximum atomic E-state index is 13.7. The number of amides is 1. The van der Waals surface area contributed by atoms with Crippen LogP contribution in [0.1, 0.15) is 21.6 Å². The van der Waals surface area contributed by atoms with Gasteiger partial charge in [-0.3, -0.25) is 19.1 Å². The molecular formula is C32H23N5O2. The number of carbonyl (C=O) groups excluding carboxylic acids is 1. The van der Waals surface area contributed by atoms with E-state index < -0.39 is 0 Å². The Morgan fingerprint density at radius 2 is 1.59 bits per heavy atom. The van der Waals surface area contributed by atoms with Crippen molar-refractivity contribution < 1.29 is 4.79 Å². The van der Waals surface area contributed by atoms with Crippen molar-refractivity contribution in [3.8, 4) is 16.8 Å². The third-order valence-electron chi connectivity index (χ3n) is 6.37. The number of fused-ring (bicyclic) bond motifs is 1. The normalized spacial score (nSPS) is 10.9. The van der Waals surface area contributed by atoms with Gasteiger partial charge in [0.05, 0.1) is 5.69 Å². The molecule has 3 aromatic carbocycles. The van der Waals surface area contributed by atoms with Gasteiger partial charge in [-0.2, -0.15) is 0 Å². The fourth-order valence-electron chi connectivity index (χ4n) is 4.51. The zero-order valence-corrected chi connectivity index (χ0v) is 20.9. The molecule has 6 aromatic rings. The number of carbonyl (C=O) groups is 1. The maximum Gasteiger partial charge on any atom is 0.278 e. The molecule has 0 aliphatic rings. The highest BCUT2D eigenvalue weighted by molar-refractivity contribution is 6.04. The molecule has 6 rings (SSSR count). The second-order valence-electron chi connectivity index (χ2n) is 9.03. The van der Waals surface area contributed by atoms with Gasteiger partial charge in [0, 0.05) is 36.3 Å². The van der Waals surface area contributed by atoms with Gasteiger partial charge in [0.15, 0.2) is 5.65 Å². The van der Waals surface area contributed by atoms with Crippen molar-refractivity contribution in [3.05, 3.63) is 149 Å². The van der Waals surface area contributed by atoms with E-state index in [2.05, 4.69) is 20.3 Å². The minimum Gasteiger partial charge on any atom is -0.322 e. The molecular weight excluding hydrogens is 486 g/mol. The molecule has 39 heavy (non-hydrogen) atoms. The van der Waals surface area contributed by atoms with E-state index in [0.29, 0.717) is 40.2 Å². The summed E-state index contributed by atoms with van der Waals surface area (Å²) < 4.78 is 1.61. The number of aromatic nitrogens is 4. The third-order valence-corrected chi connectivity index (χ3v) is 6.37. The van der Waals surface area contributed by atoms with Crippen LogP contribution < -0.4 is 10.9 Å². The highest BCUT2D eigenvalue weighted by Crippen LogP contribution is 2.26. The molecule has 0 unspecified atom stereocenters. The van der Waals surface area contributed by atoms with Crippen molar-refractivity contribution in [1.29, 1.82) is 0 Å². The number of rotatable bonds is 6. The van der Waals surface area contributed by atoms with Gasteiger partial charge in [-0.1, -0.05) is 48.5 Å². The Labute approximate surface area is 224 Å². The Balaban J connectivity index is 1.39. The van der Waals surface area contributed by atoms with Crippen LogP contribution >= 0.6 is 0 Å². The minimum absolute atomic E-state index is 0.177. The van der Waals surface area contributed by atoms with Gasteiger partial charge in [-0.25, -0.2) is 9.97 Å². The summed E-state index contributed by atoms with van der Waals surface area (Å²) in [4.78, 5) is 39.7. The molecule has 0 radical (unpaired) electrons. The quantitative estimate of drug-likeness (QED) is 0.312. The fourth-order valence-corrected chi connectivity index (χ4v) is 4.51. The Morgan fingerprint density at radius 3 is 2.41 bits per heavy atom. The minimum atomic E-state index is -0.230. The molecule has 0 spiro atoms. The van der Waals surface area contributed by atoms with Gasteiger partial charge in [-0.15, -0.1) is 0 Å². The largest absolute Gasteiger partial charge is 0.322 e. The number of hydrogen-bond acceptors (Lipinski definition) is 5. The SMILES string of the molecule is O=C(Nc1cccc(-c2cccc(-n3c(=O)c(Cc4cccnc4)nc4cccnc43)c2)c1)c1ccccc1. The highest BCUT2D eigenvalue weighted by Gasteiger charge is 2.15. The van der Waals surface area contributed by atoms with E-state index in [1.165, 1.54) is 0 Å². The summed E-state index contributed by atoms with van der Waals surface area (Å²) in [5.41, 5.74) is 5.94. The molecule has 7 heteroatoms. The summed E-state index contributed by atoms with van der Waals surface area (Å²) in [6, 6.07) is 31.9. The van der Waals surface area contributed by atoms with Crippen molar-refractivity contribution >= 4 is 22.8 Å². The molecule has 0 aliphatic heterocycles. The maximum absolute atomic E-state index is 13.7. The molecule has 0 saturated carbocycles. The third kappa shape index (κ3) is 5.06. The molecule has 0 fully saturated rings. The zero-order valence-electron chi connectivity index (χ0n) is 20.9. The summed E-state index contributed by atoms with van der Waals surface area (Å²) in [5, 5.41) is 2.96. The van der Waals surface area contributed by atoms with E-state index in [1.54, 1.807) is 35.3 Å². The molecule has 0 aliphatic carbocycles. The first kappa shape index (κ1) is 23.9. The first-order valence-electron chi connectivity index (χ1n) is 12.5. The summed E-state index contributed by atoms with van der Waals surface area (Å²) >= 11 is 0. The average molecular weight is 510 g/mol. The Morgan fingerprint density at radius 1 is 0.795 bits per heavy atom. The van der Waals surface area contributed by atoms with E-state index in [1.807, 2.05) is 91.0 Å². The molecule has 7 nitrogen and oxygen atoms in total. The van der Waals surface area contributed by atoms with Gasteiger partial charge in [-0.05, 0) is 71.3 Å². The lowest BCUT2D eigenvalue weighted by atomic mass is 10.0. The van der Waals surface area contributed by atoms with Crippen molar-refractivity contribution in [2.24, 2.45) is 0 Å². The first-order valence-corrected chi connectivity index (χ1v) is 12.5. The Bertz CT molecular complexity index is 1850. The Hall–Kier alpha value is -5.43. The van der Waals surface area contributed by atoms with Crippen LogP contribution in [0, 0.1) is 0 Å². The van der Waals surface area contributed by atoms with Crippen LogP contribution in [0.5, 0.6) is 0 Å². The van der Waals surface area contributed by atoms with Crippen LogP contribution in [0.25, 0.3) is 28.0 Å². The summed E-state index contributed by atoms with van der Waals surface area (Å²) in [7, 11) is 0. The molecule has 1 amide bonds. The van der Waals surface area contributed by atoms with Crippen molar-refractivity contribution in [2.45, 2.75) is 6.42 Å². The first-order chi connectivity index (χ1) is 19.2. The van der Waals surface area contributed by atoms with Crippen molar-refractivity contribution in [1.82, 2.24) is 19.5 Å². The second kappa shape index (κ2) is 10.5. The molecule has 0 bridgehead atoms. The van der Waals surface area contributed by atoms with Crippen LogP contribution in [0.15, 0.2) is 127 Å². The Kier molecular flexibility index (Phi) is 6.45. The van der Waals surface area contributed by atoms with Gasteiger partial charge < -0.3 is 5.32 Å². The molecule has 188 valence electrons.